The first-order valence-electron chi connectivity index (χ1n) is 15.4. The van der Waals surface area contributed by atoms with Crippen molar-refractivity contribution in [2.24, 2.45) is 5.92 Å². The lowest BCUT2D eigenvalue weighted by molar-refractivity contribution is -0.122. The molecule has 3 amide bonds. The first kappa shape index (κ1) is 33.4. The lowest BCUT2D eigenvalue weighted by Crippen LogP contribution is -2.50. The van der Waals surface area contributed by atoms with Gasteiger partial charge in [0.25, 0.3) is 11.8 Å². The zero-order valence-corrected chi connectivity index (χ0v) is 27.5. The molecule has 1 unspecified atom stereocenters. The molecule has 15 heteroatoms. The molecule has 13 nitrogen and oxygen atoms in total. The van der Waals surface area contributed by atoms with Gasteiger partial charge in [0, 0.05) is 67.5 Å². The van der Waals surface area contributed by atoms with Gasteiger partial charge in [0.15, 0.2) is 0 Å². The quantitative estimate of drug-likeness (QED) is 0.173. The van der Waals surface area contributed by atoms with Crippen molar-refractivity contribution in [2.45, 2.75) is 57.7 Å². The molecule has 3 atom stereocenters. The molecule has 5 N–H and O–H groups in total. The second-order valence-corrected chi connectivity index (χ2v) is 14.1. The smallest absolute Gasteiger partial charge is 0.301 e. The second kappa shape index (κ2) is 15.1. The molecule has 246 valence electrons. The molecule has 0 spiro atoms. The number of benzene rings is 1. The number of nitrogens with one attached hydrogen (secondary N) is 5. The minimum Gasteiger partial charge on any atom is -0.354 e. The third-order valence-corrected chi connectivity index (χ3v) is 10.2. The van der Waals surface area contributed by atoms with Gasteiger partial charge in [-0.1, -0.05) is 6.07 Å². The van der Waals surface area contributed by atoms with Gasteiger partial charge >= 0.3 is 10.2 Å². The minimum absolute atomic E-state index is 0.106. The molecule has 3 aromatic rings. The van der Waals surface area contributed by atoms with Crippen LogP contribution in [0.15, 0.2) is 53.6 Å². The number of hydrogen-bond donors (Lipinski definition) is 5. The van der Waals surface area contributed by atoms with Crippen molar-refractivity contribution in [1.82, 2.24) is 36.0 Å². The highest BCUT2D eigenvalue weighted by molar-refractivity contribution is 7.90. The lowest BCUT2D eigenvalue weighted by Gasteiger charge is -2.29. The van der Waals surface area contributed by atoms with E-state index in [4.69, 9.17) is 0 Å². The summed E-state index contributed by atoms with van der Waals surface area (Å²) in [5, 5.41) is 14.0. The molecule has 1 saturated carbocycles. The van der Waals surface area contributed by atoms with Crippen LogP contribution in [0, 0.1) is 5.92 Å². The van der Waals surface area contributed by atoms with Crippen molar-refractivity contribution in [1.29, 1.82) is 0 Å². The number of rotatable bonds is 14. The number of amides is 3. The van der Waals surface area contributed by atoms with E-state index in [-0.39, 0.29) is 41.9 Å². The van der Waals surface area contributed by atoms with Gasteiger partial charge < -0.3 is 21.3 Å². The maximum atomic E-state index is 13.8. The molecule has 2 fully saturated rings. The Kier molecular flexibility index (Phi) is 11.0. The van der Waals surface area contributed by atoms with Crippen molar-refractivity contribution < 1.29 is 22.8 Å². The summed E-state index contributed by atoms with van der Waals surface area (Å²) >= 11 is 1.44. The predicted octanol–water partition coefficient (Wildman–Crippen LogP) is 1.92. The summed E-state index contributed by atoms with van der Waals surface area (Å²) in [5.41, 5.74) is 3.75. The maximum absolute atomic E-state index is 13.8. The van der Waals surface area contributed by atoms with Gasteiger partial charge in [-0.2, -0.15) is 13.1 Å². The van der Waals surface area contributed by atoms with Crippen LogP contribution in [0.3, 0.4) is 0 Å². The van der Waals surface area contributed by atoms with Gasteiger partial charge in [-0.3, -0.25) is 23.7 Å². The fourth-order valence-electron chi connectivity index (χ4n) is 5.07. The fraction of sp³-hybridized carbons (Fsp3) is 0.452. The predicted molar refractivity (Wildman–Crippen MR) is 176 cm³/mol. The molecule has 2 aliphatic rings. The van der Waals surface area contributed by atoms with E-state index in [2.05, 4.69) is 36.0 Å². The van der Waals surface area contributed by atoms with Crippen molar-refractivity contribution in [3.05, 3.63) is 76.0 Å². The molecule has 0 radical (unpaired) electrons. The maximum Gasteiger partial charge on any atom is 0.301 e. The molecular formula is C31H40N8O5S2. The number of carbonyl (C=O) groups excluding carboxylic acids is 3. The number of aromatic nitrogens is 2. The Labute approximate surface area is 273 Å². The molecule has 3 heterocycles. The van der Waals surface area contributed by atoms with E-state index in [0.29, 0.717) is 31.8 Å². The number of thiazole rings is 1. The van der Waals surface area contributed by atoms with Crippen molar-refractivity contribution in [3.63, 3.8) is 0 Å². The summed E-state index contributed by atoms with van der Waals surface area (Å²) in [4.78, 5) is 48.3. The average molecular weight is 669 g/mol. The largest absolute Gasteiger partial charge is 0.354 e. The summed E-state index contributed by atoms with van der Waals surface area (Å²) in [6.45, 7) is 5.04. The number of hydrogen-bond acceptors (Lipinski definition) is 9. The summed E-state index contributed by atoms with van der Waals surface area (Å²) in [6, 6.07) is 6.69. The Morgan fingerprint density at radius 2 is 1.87 bits per heavy atom. The third kappa shape index (κ3) is 9.09. The molecule has 46 heavy (non-hydrogen) atoms. The highest BCUT2D eigenvalue weighted by Crippen LogP contribution is 2.27. The van der Waals surface area contributed by atoms with Crippen LogP contribution in [0.1, 0.15) is 71.1 Å². The Morgan fingerprint density at radius 1 is 1.11 bits per heavy atom. The number of pyridine rings is 1. The van der Waals surface area contributed by atoms with E-state index in [1.165, 1.54) is 33.8 Å². The summed E-state index contributed by atoms with van der Waals surface area (Å²) in [6.07, 6.45) is 6.53. The molecule has 0 bridgehead atoms. The monoisotopic (exact) mass is 668 g/mol. The van der Waals surface area contributed by atoms with Gasteiger partial charge in [0.2, 0.25) is 5.91 Å². The van der Waals surface area contributed by atoms with Crippen LogP contribution in [0.4, 0.5) is 5.69 Å². The zero-order chi connectivity index (χ0) is 32.7. The van der Waals surface area contributed by atoms with E-state index in [1.807, 2.05) is 18.4 Å². The highest BCUT2D eigenvalue weighted by Gasteiger charge is 2.29. The van der Waals surface area contributed by atoms with Crippen LogP contribution >= 0.6 is 11.3 Å². The van der Waals surface area contributed by atoms with E-state index >= 15 is 0 Å². The van der Waals surface area contributed by atoms with Gasteiger partial charge in [0.05, 0.1) is 29.0 Å². The summed E-state index contributed by atoms with van der Waals surface area (Å²) < 4.78 is 29.5. The number of nitrogens with zero attached hydrogens (tertiary/aromatic N) is 3. The molecule has 1 aromatic carbocycles. The number of anilines is 1. The first-order valence-corrected chi connectivity index (χ1v) is 17.8. The minimum atomic E-state index is -3.86. The van der Waals surface area contributed by atoms with Crippen LogP contribution in [-0.2, 0) is 21.4 Å². The Morgan fingerprint density at radius 3 is 2.52 bits per heavy atom. The molecule has 1 saturated heterocycles. The van der Waals surface area contributed by atoms with E-state index in [1.54, 1.807) is 30.9 Å². The van der Waals surface area contributed by atoms with Gasteiger partial charge in [0.1, 0.15) is 0 Å². The SMILES string of the molecule is CC(NC(=O)c1cc(C(=O)N[C@H](CN[C@@H](C)C(=O)NCC2CC2)Cc2cscn2)cc(N2CCCNS2(=O)=O)c1)c1cccnc1. The zero-order valence-electron chi connectivity index (χ0n) is 25.9. The molecule has 1 aliphatic carbocycles. The topological polar surface area (TPSA) is 175 Å². The Hall–Kier alpha value is -3.92. The Bertz CT molecular complexity index is 1620. The molecular weight excluding hydrogens is 629 g/mol. The Balaban J connectivity index is 1.36. The molecule has 1 aliphatic heterocycles. The summed E-state index contributed by atoms with van der Waals surface area (Å²) in [5.74, 6) is -0.511. The standard InChI is InChI=1S/C31H40N8O5S2/c1-20(23-5-3-8-32-16-23)37-30(41)24-11-25(13-28(12-24)39-10-4-9-36-46(39,43)44)31(42)38-26(14-27-18-45-19-35-27)17-33-21(2)29(40)34-15-22-6-7-22/h3,5,8,11-13,16,18-22,26,33,36H,4,6-7,9-10,14-15,17H2,1-2H3,(H,34,40)(H,37,41)(H,38,42)/t20?,21-,26-/m0/s1. The van der Waals surface area contributed by atoms with Crippen LogP contribution in [0.5, 0.6) is 0 Å². The van der Waals surface area contributed by atoms with E-state index in [0.717, 1.165) is 24.1 Å². The molecule has 2 aromatic heterocycles. The fourth-order valence-corrected chi connectivity index (χ4v) is 6.95. The third-order valence-electron chi connectivity index (χ3n) is 7.97. The first-order chi connectivity index (χ1) is 22.1. The van der Waals surface area contributed by atoms with E-state index < -0.39 is 34.1 Å². The van der Waals surface area contributed by atoms with Gasteiger partial charge in [-0.15, -0.1) is 11.3 Å². The van der Waals surface area contributed by atoms with Crippen LogP contribution in [-0.4, -0.2) is 74.4 Å². The number of carbonyl (C=O) groups is 3. The summed E-state index contributed by atoms with van der Waals surface area (Å²) in [7, 11) is -3.86. The van der Waals surface area contributed by atoms with Crippen molar-refractivity contribution >= 4 is 45.0 Å². The molecule has 5 rings (SSSR count). The van der Waals surface area contributed by atoms with Crippen molar-refractivity contribution in [3.8, 4) is 0 Å². The highest BCUT2D eigenvalue weighted by atomic mass is 32.2. The van der Waals surface area contributed by atoms with E-state index in [9.17, 15) is 22.8 Å². The van der Waals surface area contributed by atoms with Crippen LogP contribution in [0.25, 0.3) is 0 Å². The lowest BCUT2D eigenvalue weighted by atomic mass is 10.0. The van der Waals surface area contributed by atoms with Crippen LogP contribution in [0.2, 0.25) is 0 Å². The van der Waals surface area contributed by atoms with Crippen LogP contribution < -0.4 is 30.3 Å². The van der Waals surface area contributed by atoms with Gasteiger partial charge in [-0.05, 0) is 68.9 Å². The van der Waals surface area contributed by atoms with Crippen molar-refractivity contribution in [2.75, 3.05) is 30.5 Å². The second-order valence-electron chi connectivity index (χ2n) is 11.7. The average Bonchev–Trinajstić information content (AvgIpc) is 3.74. The van der Waals surface area contributed by atoms with Gasteiger partial charge in [-0.25, -0.2) is 4.98 Å². The normalized spacial score (nSPS) is 17.8.